The Hall–Kier alpha value is -1.52. The second kappa shape index (κ2) is 7.70. The molecule has 0 bridgehead atoms. The van der Waals surface area contributed by atoms with Gasteiger partial charge in [-0.1, -0.05) is 50.0 Å². The van der Waals surface area contributed by atoms with Gasteiger partial charge in [0.1, 0.15) is 0 Å². The van der Waals surface area contributed by atoms with Crippen molar-refractivity contribution in [2.45, 2.75) is 26.3 Å². The Morgan fingerprint density at radius 2 is 1.88 bits per heavy atom. The van der Waals surface area contributed by atoms with Crippen LogP contribution in [0.3, 0.4) is 0 Å². The zero-order valence-electron chi connectivity index (χ0n) is 10.8. The van der Waals surface area contributed by atoms with Gasteiger partial charge in [0.25, 0.3) is 0 Å². The highest BCUT2D eigenvalue weighted by atomic mass is 15.1. The monoisotopic (exact) mass is 227 g/mol. The molecule has 0 unspecified atom stereocenters. The molecule has 0 aromatic heterocycles. The van der Waals surface area contributed by atoms with E-state index in [4.69, 9.17) is 0 Å². The van der Waals surface area contributed by atoms with E-state index in [2.05, 4.69) is 37.2 Å². The van der Waals surface area contributed by atoms with Crippen LogP contribution in [0, 0.1) is 11.8 Å². The van der Waals surface area contributed by atoms with Gasteiger partial charge in [-0.05, 0) is 31.6 Å². The van der Waals surface area contributed by atoms with E-state index in [1.165, 1.54) is 0 Å². The second-order valence-electron chi connectivity index (χ2n) is 3.90. The first-order valence-electron chi connectivity index (χ1n) is 6.23. The van der Waals surface area contributed by atoms with Crippen LogP contribution in [0.25, 0.3) is 0 Å². The second-order valence-corrected chi connectivity index (χ2v) is 3.90. The Balaban J connectivity index is 2.79. The molecule has 1 aromatic rings. The van der Waals surface area contributed by atoms with Gasteiger partial charge < -0.3 is 0 Å². The maximum Gasteiger partial charge on any atom is 0.0752 e. The van der Waals surface area contributed by atoms with Crippen LogP contribution in [0.15, 0.2) is 43.0 Å². The first kappa shape index (κ1) is 13.5. The SMILES string of the molecule is C=CC[C@@H](C#Cc1ccccc1)N(CC)CC. The van der Waals surface area contributed by atoms with E-state index in [-0.39, 0.29) is 6.04 Å². The van der Waals surface area contributed by atoms with Crippen molar-refractivity contribution in [3.05, 3.63) is 48.6 Å². The Kier molecular flexibility index (Phi) is 6.14. The van der Waals surface area contributed by atoms with Crippen molar-refractivity contribution in [2.75, 3.05) is 13.1 Å². The van der Waals surface area contributed by atoms with Crippen LogP contribution in [0.2, 0.25) is 0 Å². The molecule has 0 spiro atoms. The molecule has 90 valence electrons. The lowest BCUT2D eigenvalue weighted by molar-refractivity contribution is 0.262. The third kappa shape index (κ3) is 4.46. The highest BCUT2D eigenvalue weighted by molar-refractivity contribution is 5.35. The minimum absolute atomic E-state index is 0.280. The topological polar surface area (TPSA) is 3.24 Å². The maximum absolute atomic E-state index is 3.81. The quantitative estimate of drug-likeness (QED) is 0.551. The summed E-state index contributed by atoms with van der Waals surface area (Å²) in [7, 11) is 0. The van der Waals surface area contributed by atoms with Gasteiger partial charge in [0.15, 0.2) is 0 Å². The highest BCUT2D eigenvalue weighted by Crippen LogP contribution is 2.04. The summed E-state index contributed by atoms with van der Waals surface area (Å²) < 4.78 is 0. The molecular formula is C16H21N. The molecule has 0 aliphatic rings. The number of rotatable bonds is 5. The van der Waals surface area contributed by atoms with Crippen molar-refractivity contribution in [3.63, 3.8) is 0 Å². The summed E-state index contributed by atoms with van der Waals surface area (Å²) >= 11 is 0. The Morgan fingerprint density at radius 1 is 1.24 bits per heavy atom. The summed E-state index contributed by atoms with van der Waals surface area (Å²) in [6.07, 6.45) is 2.87. The Morgan fingerprint density at radius 3 is 2.41 bits per heavy atom. The predicted octanol–water partition coefficient (Wildman–Crippen LogP) is 3.32. The first-order valence-corrected chi connectivity index (χ1v) is 6.23. The van der Waals surface area contributed by atoms with Gasteiger partial charge in [-0.25, -0.2) is 0 Å². The smallest absolute Gasteiger partial charge is 0.0752 e. The molecule has 0 N–H and O–H groups in total. The Labute approximate surface area is 105 Å². The molecule has 17 heavy (non-hydrogen) atoms. The molecule has 0 radical (unpaired) electrons. The summed E-state index contributed by atoms with van der Waals surface area (Å²) in [6.45, 7) is 10.2. The first-order chi connectivity index (χ1) is 8.31. The van der Waals surface area contributed by atoms with Gasteiger partial charge >= 0.3 is 0 Å². The Bertz CT molecular complexity index is 379. The maximum atomic E-state index is 3.81. The van der Waals surface area contributed by atoms with Gasteiger partial charge in [-0.15, -0.1) is 6.58 Å². The number of nitrogens with zero attached hydrogens (tertiary/aromatic N) is 1. The fourth-order valence-electron chi connectivity index (χ4n) is 1.81. The van der Waals surface area contributed by atoms with Crippen LogP contribution >= 0.6 is 0 Å². The van der Waals surface area contributed by atoms with E-state index in [9.17, 15) is 0 Å². The molecule has 1 rings (SSSR count). The van der Waals surface area contributed by atoms with Crippen molar-refractivity contribution < 1.29 is 0 Å². The molecule has 0 amide bonds. The van der Waals surface area contributed by atoms with E-state index in [1.807, 2.05) is 36.4 Å². The molecule has 0 saturated heterocycles. The van der Waals surface area contributed by atoms with E-state index in [0.717, 1.165) is 25.1 Å². The third-order valence-electron chi connectivity index (χ3n) is 2.80. The summed E-state index contributed by atoms with van der Waals surface area (Å²) in [6, 6.07) is 10.4. The molecule has 1 nitrogen and oxygen atoms in total. The lowest BCUT2D eigenvalue weighted by Gasteiger charge is -2.24. The normalized spacial score (nSPS) is 11.7. The fraction of sp³-hybridized carbons (Fsp3) is 0.375. The zero-order chi connectivity index (χ0) is 12.5. The van der Waals surface area contributed by atoms with E-state index < -0.39 is 0 Å². The van der Waals surface area contributed by atoms with E-state index >= 15 is 0 Å². The van der Waals surface area contributed by atoms with Crippen molar-refractivity contribution in [1.82, 2.24) is 4.90 Å². The fourth-order valence-corrected chi connectivity index (χ4v) is 1.81. The van der Waals surface area contributed by atoms with E-state index in [0.29, 0.717) is 0 Å². The standard InChI is InChI=1S/C16H21N/c1-4-10-16(17(5-2)6-3)14-13-15-11-8-7-9-12-15/h4,7-9,11-12,16H,1,5-6,10H2,2-3H3/t16-/m0/s1. The molecule has 1 atom stereocenters. The number of benzene rings is 1. The molecule has 0 heterocycles. The van der Waals surface area contributed by atoms with Crippen LogP contribution in [-0.4, -0.2) is 24.0 Å². The predicted molar refractivity (Wildman–Crippen MR) is 74.8 cm³/mol. The minimum Gasteiger partial charge on any atom is -0.290 e. The number of hydrogen-bond donors (Lipinski definition) is 0. The number of hydrogen-bond acceptors (Lipinski definition) is 1. The van der Waals surface area contributed by atoms with Crippen molar-refractivity contribution >= 4 is 0 Å². The average Bonchev–Trinajstić information content (AvgIpc) is 2.38. The van der Waals surface area contributed by atoms with Gasteiger partial charge in [-0.2, -0.15) is 0 Å². The van der Waals surface area contributed by atoms with Crippen LogP contribution < -0.4 is 0 Å². The molecule has 1 aromatic carbocycles. The zero-order valence-corrected chi connectivity index (χ0v) is 10.8. The molecule has 0 fully saturated rings. The van der Waals surface area contributed by atoms with Crippen molar-refractivity contribution in [2.24, 2.45) is 0 Å². The summed E-state index contributed by atoms with van der Waals surface area (Å²) in [5.41, 5.74) is 1.08. The molecule has 0 aliphatic heterocycles. The summed E-state index contributed by atoms with van der Waals surface area (Å²) in [5.74, 6) is 6.58. The average molecular weight is 227 g/mol. The van der Waals surface area contributed by atoms with E-state index in [1.54, 1.807) is 0 Å². The van der Waals surface area contributed by atoms with Gasteiger partial charge in [0, 0.05) is 5.56 Å². The minimum atomic E-state index is 0.280. The van der Waals surface area contributed by atoms with Gasteiger partial charge in [0.05, 0.1) is 6.04 Å². The summed E-state index contributed by atoms with van der Waals surface area (Å²) in [5, 5.41) is 0. The van der Waals surface area contributed by atoms with Crippen molar-refractivity contribution in [1.29, 1.82) is 0 Å². The van der Waals surface area contributed by atoms with Crippen LogP contribution in [0.4, 0.5) is 0 Å². The lowest BCUT2D eigenvalue weighted by Crippen LogP contribution is -2.33. The summed E-state index contributed by atoms with van der Waals surface area (Å²) in [4.78, 5) is 2.36. The van der Waals surface area contributed by atoms with Gasteiger partial charge in [0.2, 0.25) is 0 Å². The van der Waals surface area contributed by atoms with Crippen LogP contribution in [0.1, 0.15) is 25.8 Å². The largest absolute Gasteiger partial charge is 0.290 e. The molecule has 1 heteroatoms. The van der Waals surface area contributed by atoms with Crippen molar-refractivity contribution in [3.8, 4) is 11.8 Å². The molecular weight excluding hydrogens is 206 g/mol. The van der Waals surface area contributed by atoms with Crippen LogP contribution in [0.5, 0.6) is 0 Å². The molecule has 0 saturated carbocycles. The lowest BCUT2D eigenvalue weighted by atomic mass is 10.1. The molecule has 0 aliphatic carbocycles. The highest BCUT2D eigenvalue weighted by Gasteiger charge is 2.10. The van der Waals surface area contributed by atoms with Gasteiger partial charge in [-0.3, -0.25) is 4.90 Å². The van der Waals surface area contributed by atoms with Crippen LogP contribution in [-0.2, 0) is 0 Å². The third-order valence-corrected chi connectivity index (χ3v) is 2.80.